The van der Waals surface area contributed by atoms with Crippen molar-refractivity contribution in [2.24, 2.45) is 0 Å². The molecule has 3 aromatic heterocycles. The number of imidazole rings is 1. The van der Waals surface area contributed by atoms with Gasteiger partial charge in [-0.25, -0.2) is 9.78 Å². The molecule has 1 unspecified atom stereocenters. The fourth-order valence-corrected chi connectivity index (χ4v) is 5.88. The second kappa shape index (κ2) is 16.7. The van der Waals surface area contributed by atoms with Crippen molar-refractivity contribution in [2.75, 3.05) is 38.6 Å². The lowest BCUT2D eigenvalue weighted by Crippen LogP contribution is -2.33. The Morgan fingerprint density at radius 3 is 2.35 bits per heavy atom. The third kappa shape index (κ3) is 8.67. The van der Waals surface area contributed by atoms with Crippen LogP contribution in [-0.2, 0) is 18.5 Å². The normalized spacial score (nSPS) is 25.0. The molecule has 0 aromatic carbocycles. The lowest BCUT2D eigenvalue weighted by atomic mass is 10.2. The van der Waals surface area contributed by atoms with Crippen LogP contribution in [0.1, 0.15) is 51.6 Å². The van der Waals surface area contributed by atoms with E-state index in [2.05, 4.69) is 45.6 Å². The lowest BCUT2D eigenvalue weighted by Gasteiger charge is -2.21. The first-order chi connectivity index (χ1) is 21.5. The van der Waals surface area contributed by atoms with E-state index in [1.807, 2.05) is 0 Å². The van der Waals surface area contributed by atoms with Crippen molar-refractivity contribution in [1.82, 2.24) is 34.0 Å². The van der Waals surface area contributed by atoms with Crippen LogP contribution in [0.25, 0.3) is 11.2 Å². The summed E-state index contributed by atoms with van der Waals surface area (Å²) in [5, 5.41) is 20.1. The van der Waals surface area contributed by atoms with E-state index in [-0.39, 0.29) is 45.0 Å². The fraction of sp³-hybridized carbons (Fsp3) is 0.654. The molecule has 20 heteroatoms. The minimum Gasteiger partial charge on any atom is -0.394 e. The highest BCUT2D eigenvalue weighted by atomic mass is 31.2. The number of nitrogens with zero attached hydrogens (tertiary/aromatic N) is 5. The molecule has 3 aromatic rings. The SMILES string of the molecule is CCN(CC)CC.Cc1cn([C@H]2C[C@H](O)[C@@H](COP(O)O[C@H]3C[C@H](n4cnc5c(=O)[nH]c(N)nc54)O[C@@H]3CO)O2)c(=O)[nH]c1=O.[B]. The van der Waals surface area contributed by atoms with Crippen LogP contribution in [0.4, 0.5) is 5.95 Å². The fourth-order valence-electron chi connectivity index (χ4n) is 5.09. The first-order valence-electron chi connectivity index (χ1n) is 14.6. The number of ether oxygens (including phenoxy) is 2. The van der Waals surface area contributed by atoms with Crippen molar-refractivity contribution in [3.8, 4) is 0 Å². The Hall–Kier alpha value is -3.00. The number of aryl methyl sites for hydroxylation is 1. The van der Waals surface area contributed by atoms with Gasteiger partial charge in [0.05, 0.1) is 31.7 Å². The molecule has 7 atom stereocenters. The summed E-state index contributed by atoms with van der Waals surface area (Å²) in [7, 11) is -2.48. The smallest absolute Gasteiger partial charge is 0.330 e. The summed E-state index contributed by atoms with van der Waals surface area (Å²) >= 11 is 0. The van der Waals surface area contributed by atoms with Gasteiger partial charge in [-0.1, -0.05) is 20.8 Å². The summed E-state index contributed by atoms with van der Waals surface area (Å²) in [6.07, 6.45) is -2.14. The molecule has 0 bridgehead atoms. The Bertz CT molecular complexity index is 1590. The molecule has 253 valence electrons. The summed E-state index contributed by atoms with van der Waals surface area (Å²) in [6, 6.07) is 0. The molecular weight excluding hydrogens is 626 g/mol. The van der Waals surface area contributed by atoms with E-state index in [9.17, 15) is 29.5 Å². The van der Waals surface area contributed by atoms with E-state index in [4.69, 9.17) is 24.3 Å². The molecule has 3 radical (unpaired) electrons. The summed E-state index contributed by atoms with van der Waals surface area (Å²) in [5.41, 5.74) is 4.49. The third-order valence-electron chi connectivity index (χ3n) is 7.70. The van der Waals surface area contributed by atoms with Gasteiger partial charge in [-0.2, -0.15) is 4.98 Å². The summed E-state index contributed by atoms with van der Waals surface area (Å²) < 4.78 is 25.2. The van der Waals surface area contributed by atoms with Gasteiger partial charge in [0.15, 0.2) is 11.2 Å². The zero-order chi connectivity index (χ0) is 32.8. The lowest BCUT2D eigenvalue weighted by molar-refractivity contribution is -0.0517. The topological polar surface area (TPSA) is 245 Å². The van der Waals surface area contributed by atoms with Crippen LogP contribution in [0, 0.1) is 6.92 Å². The maximum absolute atomic E-state index is 12.1. The van der Waals surface area contributed by atoms with Crippen molar-refractivity contribution < 1.29 is 33.6 Å². The molecule has 5 rings (SSSR count). The monoisotopic (exact) mass is 667 g/mol. The van der Waals surface area contributed by atoms with Crippen LogP contribution in [0.2, 0.25) is 0 Å². The Labute approximate surface area is 267 Å². The first-order valence-corrected chi connectivity index (χ1v) is 15.8. The van der Waals surface area contributed by atoms with E-state index >= 15 is 0 Å². The molecule has 0 spiro atoms. The molecule has 2 aliphatic rings. The number of rotatable bonds is 11. The van der Waals surface area contributed by atoms with Crippen LogP contribution in [0.3, 0.4) is 0 Å². The second-order valence-corrected chi connectivity index (χ2v) is 11.5. The maximum atomic E-state index is 12.1. The van der Waals surface area contributed by atoms with E-state index in [1.54, 1.807) is 0 Å². The molecule has 7 N–H and O–H groups in total. The standard InChI is InChI=1S/C20H26N7O10P.C6H15N.B/c1-8-4-26(20(32)25-17(8)30)13-2-9(29)12(36-13)6-34-38(33)37-10-3-14(35-11(10)5-28)27-7-22-15-16(27)23-19(21)24-18(15)31;1-4-7(5-2)6-3;/h4,7,9-14,28-29,33H,2-3,5-6H2,1H3,(H,25,30,32)(H3,21,23,24,31);4-6H2,1-3H3;/t9-,10-,11+,12+,13+,14+,38?;;/m0../s1. The Kier molecular flexibility index (Phi) is 13.6. The predicted octanol–water partition coefficient (Wildman–Crippen LogP) is -0.923. The number of hydrogen-bond donors (Lipinski definition) is 6. The minimum absolute atomic E-state index is 0. The maximum Gasteiger partial charge on any atom is 0.330 e. The number of hydrogen-bond acceptors (Lipinski definition) is 14. The van der Waals surface area contributed by atoms with E-state index in [1.165, 1.54) is 48.2 Å². The van der Waals surface area contributed by atoms with Crippen molar-refractivity contribution >= 4 is 34.1 Å². The van der Waals surface area contributed by atoms with E-state index < -0.39 is 68.9 Å². The Balaban J connectivity index is 0.000000648. The molecule has 46 heavy (non-hydrogen) atoms. The molecular formula is C26H41BN8O10P. The number of aliphatic hydroxyl groups is 2. The quantitative estimate of drug-likeness (QED) is 0.107. The molecule has 0 aliphatic carbocycles. The van der Waals surface area contributed by atoms with Gasteiger partial charge in [0.2, 0.25) is 5.95 Å². The number of nitrogens with one attached hydrogen (secondary N) is 2. The summed E-state index contributed by atoms with van der Waals surface area (Å²) in [4.78, 5) is 61.2. The number of fused-ring (bicyclic) bond motifs is 1. The number of H-pyrrole nitrogens is 2. The van der Waals surface area contributed by atoms with Gasteiger partial charge in [-0.05, 0) is 26.6 Å². The van der Waals surface area contributed by atoms with Crippen LogP contribution >= 0.6 is 8.60 Å². The summed E-state index contributed by atoms with van der Waals surface area (Å²) in [5.74, 6) is -0.0971. The second-order valence-electron chi connectivity index (χ2n) is 10.5. The minimum atomic E-state index is -2.48. The van der Waals surface area contributed by atoms with Crippen LogP contribution in [0.15, 0.2) is 26.9 Å². The average Bonchev–Trinajstić information content (AvgIpc) is 3.71. The van der Waals surface area contributed by atoms with Gasteiger partial charge >= 0.3 is 14.3 Å². The molecule has 0 amide bonds. The zero-order valence-electron chi connectivity index (χ0n) is 26.1. The molecule has 18 nitrogen and oxygen atoms in total. The summed E-state index contributed by atoms with van der Waals surface area (Å²) in [6.45, 7) is 11.0. The largest absolute Gasteiger partial charge is 0.394 e. The zero-order valence-corrected chi connectivity index (χ0v) is 27.0. The predicted molar refractivity (Wildman–Crippen MR) is 168 cm³/mol. The molecule has 2 saturated heterocycles. The number of aromatic nitrogens is 6. The van der Waals surface area contributed by atoms with Crippen molar-refractivity contribution in [3.63, 3.8) is 0 Å². The highest BCUT2D eigenvalue weighted by Gasteiger charge is 2.40. The Morgan fingerprint density at radius 2 is 1.72 bits per heavy atom. The Morgan fingerprint density at radius 1 is 1.07 bits per heavy atom. The number of aromatic amines is 2. The van der Waals surface area contributed by atoms with Crippen molar-refractivity contribution in [2.45, 2.75) is 77.4 Å². The molecule has 2 aliphatic heterocycles. The number of aliphatic hydroxyl groups excluding tert-OH is 2. The van der Waals surface area contributed by atoms with Crippen molar-refractivity contribution in [1.29, 1.82) is 0 Å². The van der Waals surface area contributed by atoms with Crippen molar-refractivity contribution in [3.05, 3.63) is 49.3 Å². The molecule has 0 saturated carbocycles. The highest BCUT2D eigenvalue weighted by Crippen LogP contribution is 2.42. The average molecular weight is 667 g/mol. The molecule has 2 fully saturated rings. The number of anilines is 1. The van der Waals surface area contributed by atoms with E-state index in [0.29, 0.717) is 5.56 Å². The highest BCUT2D eigenvalue weighted by molar-refractivity contribution is 7.40. The van der Waals surface area contributed by atoms with Gasteiger partial charge in [-0.15, -0.1) is 0 Å². The van der Waals surface area contributed by atoms with Crippen LogP contribution in [-0.4, -0.2) is 115 Å². The number of nitrogens with two attached hydrogens (primary N) is 1. The number of nitrogen functional groups attached to an aromatic ring is 1. The van der Waals surface area contributed by atoms with Crippen LogP contribution < -0.4 is 22.5 Å². The van der Waals surface area contributed by atoms with Gasteiger partial charge in [-0.3, -0.25) is 28.7 Å². The van der Waals surface area contributed by atoms with Gasteiger partial charge in [0, 0.05) is 33.0 Å². The van der Waals surface area contributed by atoms with Gasteiger partial charge < -0.3 is 44.3 Å². The van der Waals surface area contributed by atoms with E-state index in [0.717, 1.165) is 0 Å². The van der Waals surface area contributed by atoms with Gasteiger partial charge in [0.25, 0.3) is 11.1 Å². The molecule has 5 heterocycles. The first kappa shape index (κ1) is 37.5. The van der Waals surface area contributed by atoms with Crippen LogP contribution in [0.5, 0.6) is 0 Å². The van der Waals surface area contributed by atoms with Gasteiger partial charge in [0.1, 0.15) is 24.7 Å². The third-order valence-corrected chi connectivity index (χ3v) is 8.52.